The Morgan fingerprint density at radius 1 is 1.27 bits per heavy atom. The van der Waals surface area contributed by atoms with E-state index in [4.69, 9.17) is 0 Å². The number of benzene rings is 1. The summed E-state index contributed by atoms with van der Waals surface area (Å²) >= 11 is 0. The molecule has 3 heteroatoms. The monoisotopic (exact) mass is 223 g/mol. The maximum Gasteiger partial charge on any atom is 0.0692 e. The van der Waals surface area contributed by atoms with Crippen molar-refractivity contribution in [3.05, 3.63) is 29.8 Å². The average Bonchev–Trinajstić information content (AvgIpc) is 1.95. The van der Waals surface area contributed by atoms with Crippen LogP contribution in [-0.4, -0.2) is 6.41 Å². The Morgan fingerprint density at radius 3 is 2.27 bits per heavy atom. The van der Waals surface area contributed by atoms with E-state index in [1.165, 1.54) is 5.56 Å². The van der Waals surface area contributed by atoms with Crippen molar-refractivity contribution in [3.63, 3.8) is 0 Å². The van der Waals surface area contributed by atoms with E-state index >= 15 is 0 Å². The molecular weight excluding hydrogens is 215 g/mol. The molecule has 1 N–H and O–H groups in total. The van der Waals surface area contributed by atoms with Crippen LogP contribution in [-0.2, 0) is 37.5 Å². The summed E-state index contributed by atoms with van der Waals surface area (Å²) in [6.45, 7) is 1.99. The maximum atomic E-state index is 9.82. The van der Waals surface area contributed by atoms with Crippen molar-refractivity contribution in [1.29, 1.82) is 0 Å². The molecule has 0 atom stereocenters. The number of amides is 1. The summed E-state index contributed by atoms with van der Waals surface area (Å²) in [4.78, 5) is 9.82. The Bertz CT molecular complexity index is 220. The van der Waals surface area contributed by atoms with Gasteiger partial charge < -0.3 is 10.1 Å². The standard InChI is InChI=1S/C8H8NO.Y/c1-7-2-4-8(5-3-7)9-6-10;/h2-5H,1H3,(H,9,10);/q-1;. The molecule has 0 saturated heterocycles. The fraction of sp³-hybridized carbons (Fsp3) is 0.125. The summed E-state index contributed by atoms with van der Waals surface area (Å²) in [6.07, 6.45) is 1.60. The molecule has 11 heavy (non-hydrogen) atoms. The zero-order valence-electron chi connectivity index (χ0n) is 6.29. The molecule has 0 unspecified atom stereocenters. The first-order chi connectivity index (χ1) is 4.83. The Balaban J connectivity index is 0.000001000. The molecule has 0 aliphatic rings. The van der Waals surface area contributed by atoms with Crippen LogP contribution in [0.3, 0.4) is 0 Å². The molecule has 1 rings (SSSR count). The van der Waals surface area contributed by atoms with Crippen LogP contribution < -0.4 is 5.32 Å². The van der Waals surface area contributed by atoms with Gasteiger partial charge in [-0.15, -0.1) is 17.8 Å². The zero-order chi connectivity index (χ0) is 7.40. The van der Waals surface area contributed by atoms with Crippen LogP contribution in [0.25, 0.3) is 0 Å². The normalized spacial score (nSPS) is 8.09. The molecule has 0 aliphatic carbocycles. The van der Waals surface area contributed by atoms with Crippen LogP contribution in [0, 0.1) is 6.92 Å². The third-order valence-corrected chi connectivity index (χ3v) is 1.25. The topological polar surface area (TPSA) is 29.1 Å². The number of hydrogen-bond donors (Lipinski definition) is 1. The van der Waals surface area contributed by atoms with Gasteiger partial charge >= 0.3 is 0 Å². The van der Waals surface area contributed by atoms with E-state index in [0.29, 0.717) is 0 Å². The molecule has 0 aliphatic heterocycles. The van der Waals surface area contributed by atoms with Crippen LogP contribution in [0.15, 0.2) is 24.3 Å². The average molecular weight is 223 g/mol. The minimum absolute atomic E-state index is 0. The fourth-order valence-corrected chi connectivity index (χ4v) is 0.696. The van der Waals surface area contributed by atoms with E-state index in [1.54, 1.807) is 6.41 Å². The van der Waals surface area contributed by atoms with Gasteiger partial charge in [0.25, 0.3) is 0 Å². The van der Waals surface area contributed by atoms with Crippen LogP contribution in [0.5, 0.6) is 0 Å². The van der Waals surface area contributed by atoms with Crippen LogP contribution in [0.4, 0.5) is 5.69 Å². The van der Waals surface area contributed by atoms with Gasteiger partial charge in [-0.2, -0.15) is 0 Å². The maximum absolute atomic E-state index is 9.82. The quantitative estimate of drug-likeness (QED) is 0.597. The summed E-state index contributed by atoms with van der Waals surface area (Å²) in [7, 11) is 0. The molecule has 1 aromatic carbocycles. The van der Waals surface area contributed by atoms with Gasteiger partial charge in [-0.25, -0.2) is 0 Å². The summed E-state index contributed by atoms with van der Waals surface area (Å²) in [5.41, 5.74) is 1.96. The van der Waals surface area contributed by atoms with Crippen molar-refractivity contribution < 1.29 is 37.5 Å². The number of rotatable bonds is 2. The van der Waals surface area contributed by atoms with E-state index in [0.717, 1.165) is 5.69 Å². The molecule has 1 amide bonds. The van der Waals surface area contributed by atoms with Crippen molar-refractivity contribution in [1.82, 2.24) is 0 Å². The Kier molecular flexibility index (Phi) is 5.34. The first-order valence-corrected chi connectivity index (χ1v) is 3.03. The minimum atomic E-state index is 0. The number of carbonyl (C=O) groups excluding carboxylic acids is 1. The minimum Gasteiger partial charge on any atom is -0.490 e. The molecule has 0 aromatic heterocycles. The van der Waals surface area contributed by atoms with Gasteiger partial charge in [-0.1, -0.05) is 17.7 Å². The molecule has 0 fully saturated rings. The van der Waals surface area contributed by atoms with E-state index in [9.17, 15) is 4.79 Å². The third kappa shape index (κ3) is 3.63. The Morgan fingerprint density at radius 2 is 1.82 bits per heavy atom. The van der Waals surface area contributed by atoms with Crippen molar-refractivity contribution in [2.75, 3.05) is 5.32 Å². The molecule has 0 spiro atoms. The molecule has 0 bridgehead atoms. The van der Waals surface area contributed by atoms with E-state index in [1.807, 2.05) is 31.2 Å². The SMILES string of the molecule is Cc1ccc(N[C-]=O)cc1.[Y]. The smallest absolute Gasteiger partial charge is 0.0692 e. The van der Waals surface area contributed by atoms with Gasteiger partial charge in [0.1, 0.15) is 0 Å². The van der Waals surface area contributed by atoms with Crippen LogP contribution >= 0.6 is 0 Å². The molecule has 1 aromatic rings. The Labute approximate surface area is 91.3 Å². The summed E-state index contributed by atoms with van der Waals surface area (Å²) in [5, 5.41) is 2.43. The molecule has 0 saturated carbocycles. The van der Waals surface area contributed by atoms with Crippen LogP contribution in [0.1, 0.15) is 5.56 Å². The second-order valence-electron chi connectivity index (χ2n) is 2.09. The molecule has 0 heterocycles. The first kappa shape index (κ1) is 10.8. The zero-order valence-corrected chi connectivity index (χ0v) is 9.13. The van der Waals surface area contributed by atoms with Gasteiger partial charge in [0, 0.05) is 32.7 Å². The van der Waals surface area contributed by atoms with Crippen molar-refractivity contribution in [3.8, 4) is 0 Å². The molecule has 1 radical (unpaired) electrons. The van der Waals surface area contributed by atoms with Gasteiger partial charge in [0.2, 0.25) is 0 Å². The largest absolute Gasteiger partial charge is 0.490 e. The van der Waals surface area contributed by atoms with E-state index in [-0.39, 0.29) is 32.7 Å². The number of hydrogen-bond acceptors (Lipinski definition) is 1. The van der Waals surface area contributed by atoms with Crippen molar-refractivity contribution >= 4 is 12.1 Å². The van der Waals surface area contributed by atoms with Gasteiger partial charge in [0.05, 0.1) is 6.41 Å². The second-order valence-corrected chi connectivity index (χ2v) is 2.09. The first-order valence-electron chi connectivity index (χ1n) is 3.03. The van der Waals surface area contributed by atoms with E-state index < -0.39 is 0 Å². The predicted molar refractivity (Wildman–Crippen MR) is 40.5 cm³/mol. The Hall–Kier alpha value is -0.206. The predicted octanol–water partition coefficient (Wildman–Crippen LogP) is 1.47. The number of nitrogens with one attached hydrogen (secondary N) is 1. The summed E-state index contributed by atoms with van der Waals surface area (Å²) < 4.78 is 0. The third-order valence-electron chi connectivity index (χ3n) is 1.25. The van der Waals surface area contributed by atoms with E-state index in [2.05, 4.69) is 5.32 Å². The second kappa shape index (κ2) is 5.45. The molecule has 2 nitrogen and oxygen atoms in total. The van der Waals surface area contributed by atoms with Crippen LogP contribution in [0.2, 0.25) is 0 Å². The van der Waals surface area contributed by atoms with Gasteiger partial charge in [-0.05, 0) is 6.92 Å². The van der Waals surface area contributed by atoms with Crippen molar-refractivity contribution in [2.45, 2.75) is 6.92 Å². The summed E-state index contributed by atoms with van der Waals surface area (Å²) in [6, 6.07) is 7.53. The van der Waals surface area contributed by atoms with Gasteiger partial charge in [0.15, 0.2) is 0 Å². The fourth-order valence-electron chi connectivity index (χ4n) is 0.696. The number of aryl methyl sites for hydroxylation is 1. The summed E-state index contributed by atoms with van der Waals surface area (Å²) in [5.74, 6) is 0. The van der Waals surface area contributed by atoms with Crippen molar-refractivity contribution in [2.24, 2.45) is 0 Å². The molecular formula is C8H8NOY-. The van der Waals surface area contributed by atoms with Gasteiger partial charge in [-0.3, -0.25) is 0 Å². The molecule has 55 valence electrons. The number of anilines is 1.